The lowest BCUT2D eigenvalue weighted by Crippen LogP contribution is -2.29. The van der Waals surface area contributed by atoms with Crippen molar-refractivity contribution >= 4 is 11.6 Å². The van der Waals surface area contributed by atoms with Crippen molar-refractivity contribution in [3.05, 3.63) is 29.3 Å². The Morgan fingerprint density at radius 1 is 1.10 bits per heavy atom. The molecule has 0 bridgehead atoms. The third kappa shape index (κ3) is 6.20. The molecule has 0 heterocycles. The molecule has 0 atom stereocenters. The van der Waals surface area contributed by atoms with Crippen LogP contribution in [0.5, 0.6) is 0 Å². The van der Waals surface area contributed by atoms with E-state index in [1.54, 1.807) is 0 Å². The average Bonchev–Trinajstić information content (AvgIpc) is 2.43. The molecule has 112 valence electrons. The molecule has 1 rings (SSSR count). The minimum Gasteiger partial charge on any atom is -0.325 e. The van der Waals surface area contributed by atoms with Crippen LogP contribution in [0.15, 0.2) is 18.2 Å². The second-order valence-electron chi connectivity index (χ2n) is 5.39. The highest BCUT2D eigenvalue weighted by Gasteiger charge is 2.05. The van der Waals surface area contributed by atoms with Crippen LogP contribution in [0.3, 0.4) is 0 Å². The maximum absolute atomic E-state index is 11.8. The molecule has 0 aliphatic carbocycles. The molecule has 0 saturated carbocycles. The molecule has 1 aromatic carbocycles. The van der Waals surface area contributed by atoms with E-state index in [9.17, 15) is 4.79 Å². The Bertz CT molecular complexity index is 415. The lowest BCUT2D eigenvalue weighted by Gasteiger charge is -2.10. The minimum atomic E-state index is 0.0345. The molecular formula is C17H28N2O. The summed E-state index contributed by atoms with van der Waals surface area (Å²) in [5.41, 5.74) is 3.26. The number of unbranched alkanes of at least 4 members (excludes halogenated alkanes) is 4. The molecule has 20 heavy (non-hydrogen) atoms. The summed E-state index contributed by atoms with van der Waals surface area (Å²) >= 11 is 0. The van der Waals surface area contributed by atoms with E-state index < -0.39 is 0 Å². The first-order valence-electron chi connectivity index (χ1n) is 7.72. The molecule has 0 saturated heterocycles. The molecule has 3 nitrogen and oxygen atoms in total. The number of benzene rings is 1. The van der Waals surface area contributed by atoms with Crippen molar-refractivity contribution in [1.29, 1.82) is 0 Å². The predicted octanol–water partition coefficient (Wildman–Crippen LogP) is 3.80. The lowest BCUT2D eigenvalue weighted by molar-refractivity contribution is -0.115. The van der Waals surface area contributed by atoms with Crippen molar-refractivity contribution in [2.45, 2.75) is 52.9 Å². The standard InChI is InChI=1S/C17H28N2O/c1-4-5-6-7-8-12-18-13-17(20)19-16-11-9-10-14(2)15(16)3/h9-11,18H,4-8,12-13H2,1-3H3,(H,19,20). The first-order chi connectivity index (χ1) is 9.65. The fraction of sp³-hybridized carbons (Fsp3) is 0.588. The number of aryl methyl sites for hydroxylation is 1. The van der Waals surface area contributed by atoms with Gasteiger partial charge in [-0.1, -0.05) is 44.7 Å². The van der Waals surface area contributed by atoms with Gasteiger partial charge in [0.2, 0.25) is 5.91 Å². The van der Waals surface area contributed by atoms with Crippen LogP contribution >= 0.6 is 0 Å². The van der Waals surface area contributed by atoms with Crippen LogP contribution in [0.1, 0.15) is 50.2 Å². The van der Waals surface area contributed by atoms with Crippen molar-refractivity contribution in [3.8, 4) is 0 Å². The number of nitrogens with one attached hydrogen (secondary N) is 2. The van der Waals surface area contributed by atoms with Crippen LogP contribution in [0.25, 0.3) is 0 Å². The lowest BCUT2D eigenvalue weighted by atomic mass is 10.1. The highest BCUT2D eigenvalue weighted by molar-refractivity contribution is 5.93. The number of rotatable bonds is 9. The smallest absolute Gasteiger partial charge is 0.238 e. The van der Waals surface area contributed by atoms with Gasteiger partial charge < -0.3 is 10.6 Å². The fourth-order valence-corrected chi connectivity index (χ4v) is 2.14. The molecule has 0 aliphatic rings. The van der Waals surface area contributed by atoms with Gasteiger partial charge in [-0.25, -0.2) is 0 Å². The van der Waals surface area contributed by atoms with E-state index in [0.29, 0.717) is 6.54 Å². The van der Waals surface area contributed by atoms with Crippen LogP contribution in [0.2, 0.25) is 0 Å². The van der Waals surface area contributed by atoms with Gasteiger partial charge in [0.1, 0.15) is 0 Å². The van der Waals surface area contributed by atoms with Crippen molar-refractivity contribution in [2.24, 2.45) is 0 Å². The summed E-state index contributed by atoms with van der Waals surface area (Å²) in [6, 6.07) is 5.98. The van der Waals surface area contributed by atoms with Gasteiger partial charge in [-0.05, 0) is 44.0 Å². The summed E-state index contributed by atoms with van der Waals surface area (Å²) < 4.78 is 0. The zero-order valence-electron chi connectivity index (χ0n) is 13.1. The first kappa shape index (κ1) is 16.7. The van der Waals surface area contributed by atoms with Gasteiger partial charge in [0.15, 0.2) is 0 Å². The SMILES string of the molecule is CCCCCCCNCC(=O)Nc1cccc(C)c1C. The normalized spacial score (nSPS) is 10.6. The van der Waals surface area contributed by atoms with E-state index in [1.165, 1.54) is 31.2 Å². The molecule has 0 aliphatic heterocycles. The quantitative estimate of drug-likeness (QED) is 0.674. The van der Waals surface area contributed by atoms with Crippen LogP contribution in [0.4, 0.5) is 5.69 Å². The maximum Gasteiger partial charge on any atom is 0.238 e. The van der Waals surface area contributed by atoms with Crippen LogP contribution < -0.4 is 10.6 Å². The highest BCUT2D eigenvalue weighted by atomic mass is 16.1. The predicted molar refractivity (Wildman–Crippen MR) is 86.2 cm³/mol. The van der Waals surface area contributed by atoms with Crippen molar-refractivity contribution in [1.82, 2.24) is 5.32 Å². The van der Waals surface area contributed by atoms with E-state index in [-0.39, 0.29) is 5.91 Å². The Labute approximate surface area is 123 Å². The summed E-state index contributed by atoms with van der Waals surface area (Å²) in [4.78, 5) is 11.8. The number of amides is 1. The van der Waals surface area contributed by atoms with Gasteiger partial charge in [0.05, 0.1) is 6.54 Å². The third-order valence-electron chi connectivity index (χ3n) is 3.62. The van der Waals surface area contributed by atoms with E-state index in [4.69, 9.17) is 0 Å². The number of carbonyl (C=O) groups is 1. The average molecular weight is 276 g/mol. The monoisotopic (exact) mass is 276 g/mol. The van der Waals surface area contributed by atoms with Crippen molar-refractivity contribution in [3.63, 3.8) is 0 Å². The summed E-state index contributed by atoms with van der Waals surface area (Å²) in [5, 5.41) is 6.17. The van der Waals surface area contributed by atoms with Gasteiger partial charge in [0, 0.05) is 5.69 Å². The minimum absolute atomic E-state index is 0.0345. The Hall–Kier alpha value is -1.35. The molecule has 0 radical (unpaired) electrons. The van der Waals surface area contributed by atoms with Gasteiger partial charge in [0.25, 0.3) is 0 Å². The first-order valence-corrected chi connectivity index (χ1v) is 7.72. The zero-order chi connectivity index (χ0) is 14.8. The molecule has 3 heteroatoms. The van der Waals surface area contributed by atoms with Gasteiger partial charge >= 0.3 is 0 Å². The highest BCUT2D eigenvalue weighted by Crippen LogP contribution is 2.17. The fourth-order valence-electron chi connectivity index (χ4n) is 2.14. The Morgan fingerprint density at radius 3 is 2.60 bits per heavy atom. The number of hydrogen-bond acceptors (Lipinski definition) is 2. The Morgan fingerprint density at radius 2 is 1.85 bits per heavy atom. The summed E-state index contributed by atoms with van der Waals surface area (Å²) in [6.45, 7) is 7.62. The molecule has 0 fully saturated rings. The van der Waals surface area contributed by atoms with Gasteiger partial charge in [-0.3, -0.25) is 4.79 Å². The molecule has 1 amide bonds. The van der Waals surface area contributed by atoms with Crippen LogP contribution in [-0.4, -0.2) is 19.0 Å². The van der Waals surface area contributed by atoms with Crippen molar-refractivity contribution < 1.29 is 4.79 Å². The second kappa shape index (κ2) is 9.54. The second-order valence-corrected chi connectivity index (χ2v) is 5.39. The maximum atomic E-state index is 11.8. The van der Waals surface area contributed by atoms with Crippen molar-refractivity contribution in [2.75, 3.05) is 18.4 Å². The van der Waals surface area contributed by atoms with E-state index in [0.717, 1.165) is 24.2 Å². The zero-order valence-corrected chi connectivity index (χ0v) is 13.1. The number of hydrogen-bond donors (Lipinski definition) is 2. The molecular weight excluding hydrogens is 248 g/mol. The third-order valence-corrected chi connectivity index (χ3v) is 3.62. The Balaban J connectivity index is 2.19. The molecule has 2 N–H and O–H groups in total. The van der Waals surface area contributed by atoms with E-state index in [2.05, 4.69) is 30.5 Å². The van der Waals surface area contributed by atoms with Crippen LogP contribution in [-0.2, 0) is 4.79 Å². The van der Waals surface area contributed by atoms with Crippen LogP contribution in [0, 0.1) is 13.8 Å². The van der Waals surface area contributed by atoms with Gasteiger partial charge in [-0.15, -0.1) is 0 Å². The molecule has 0 spiro atoms. The molecule has 1 aromatic rings. The summed E-state index contributed by atoms with van der Waals surface area (Å²) in [5.74, 6) is 0.0345. The largest absolute Gasteiger partial charge is 0.325 e. The molecule has 0 unspecified atom stereocenters. The Kier molecular flexibility index (Phi) is 7.97. The van der Waals surface area contributed by atoms with E-state index in [1.807, 2.05) is 19.1 Å². The van der Waals surface area contributed by atoms with E-state index >= 15 is 0 Å². The summed E-state index contributed by atoms with van der Waals surface area (Å²) in [7, 11) is 0. The topological polar surface area (TPSA) is 41.1 Å². The number of anilines is 1. The number of carbonyl (C=O) groups excluding carboxylic acids is 1. The van der Waals surface area contributed by atoms with Gasteiger partial charge in [-0.2, -0.15) is 0 Å². The molecule has 0 aromatic heterocycles. The summed E-state index contributed by atoms with van der Waals surface area (Å²) in [6.07, 6.45) is 6.28.